The van der Waals surface area contributed by atoms with Gasteiger partial charge in [0.2, 0.25) is 0 Å². The highest BCUT2D eigenvalue weighted by molar-refractivity contribution is 5.79. The van der Waals surface area contributed by atoms with Crippen molar-refractivity contribution >= 4 is 5.96 Å². The fraction of sp³-hybridized carbons (Fsp3) is 0.667. The van der Waals surface area contributed by atoms with Crippen molar-refractivity contribution in [2.24, 2.45) is 4.99 Å². The molecule has 0 amide bonds. The Balaban J connectivity index is 2.22. The molecule has 2 N–H and O–H groups in total. The summed E-state index contributed by atoms with van der Waals surface area (Å²) in [5.41, 5.74) is 2.31. The van der Waals surface area contributed by atoms with Crippen molar-refractivity contribution in [3.8, 4) is 0 Å². The Morgan fingerprint density at radius 3 is 2.73 bits per heavy atom. The summed E-state index contributed by atoms with van der Waals surface area (Å²) in [6.45, 7) is 7.35. The van der Waals surface area contributed by atoms with Crippen molar-refractivity contribution in [3.63, 3.8) is 0 Å². The lowest BCUT2D eigenvalue weighted by molar-refractivity contribution is 0.537. The Kier molecular flexibility index (Phi) is 9.28. The number of aliphatic imine (C=N–C) groups is 1. The van der Waals surface area contributed by atoms with Crippen LogP contribution in [0.5, 0.6) is 0 Å². The van der Waals surface area contributed by atoms with Crippen LogP contribution < -0.4 is 10.6 Å². The SMILES string of the molecule is CCCCCCC(C)NC(=NC)NCCc1ccc(C)nc1. The monoisotopic (exact) mass is 304 g/mol. The zero-order valence-electron chi connectivity index (χ0n) is 14.7. The summed E-state index contributed by atoms with van der Waals surface area (Å²) in [7, 11) is 1.83. The topological polar surface area (TPSA) is 49.3 Å². The highest BCUT2D eigenvalue weighted by atomic mass is 15.2. The number of rotatable bonds is 9. The zero-order chi connectivity index (χ0) is 16.2. The number of unbranched alkanes of at least 4 members (excludes halogenated alkanes) is 3. The molecular formula is C18H32N4. The van der Waals surface area contributed by atoms with Gasteiger partial charge in [-0.15, -0.1) is 0 Å². The predicted molar refractivity (Wildman–Crippen MR) is 95.4 cm³/mol. The lowest BCUT2D eigenvalue weighted by Gasteiger charge is -2.18. The Morgan fingerprint density at radius 1 is 1.27 bits per heavy atom. The molecule has 0 aliphatic rings. The van der Waals surface area contributed by atoms with E-state index < -0.39 is 0 Å². The van der Waals surface area contributed by atoms with E-state index in [0.717, 1.165) is 24.6 Å². The molecule has 0 bridgehead atoms. The van der Waals surface area contributed by atoms with Crippen LogP contribution >= 0.6 is 0 Å². The van der Waals surface area contributed by atoms with E-state index in [1.807, 2.05) is 20.2 Å². The largest absolute Gasteiger partial charge is 0.356 e. The first-order chi connectivity index (χ1) is 10.7. The van der Waals surface area contributed by atoms with Crippen molar-refractivity contribution < 1.29 is 0 Å². The summed E-state index contributed by atoms with van der Waals surface area (Å²) < 4.78 is 0. The van der Waals surface area contributed by atoms with E-state index >= 15 is 0 Å². The number of nitrogens with zero attached hydrogens (tertiary/aromatic N) is 2. The van der Waals surface area contributed by atoms with Gasteiger partial charge in [-0.05, 0) is 38.3 Å². The van der Waals surface area contributed by atoms with Gasteiger partial charge in [-0.1, -0.05) is 38.7 Å². The van der Waals surface area contributed by atoms with E-state index in [9.17, 15) is 0 Å². The molecule has 0 aromatic carbocycles. The van der Waals surface area contributed by atoms with Crippen LogP contribution in [0.3, 0.4) is 0 Å². The van der Waals surface area contributed by atoms with Crippen LogP contribution in [-0.2, 0) is 6.42 Å². The van der Waals surface area contributed by atoms with E-state index in [2.05, 4.69) is 46.6 Å². The molecule has 1 atom stereocenters. The van der Waals surface area contributed by atoms with E-state index in [-0.39, 0.29) is 0 Å². The van der Waals surface area contributed by atoms with Crippen molar-refractivity contribution in [1.29, 1.82) is 0 Å². The van der Waals surface area contributed by atoms with Gasteiger partial charge in [0, 0.05) is 31.5 Å². The Hall–Kier alpha value is -1.58. The summed E-state index contributed by atoms with van der Waals surface area (Å²) in [5.74, 6) is 0.892. The van der Waals surface area contributed by atoms with Crippen LogP contribution in [0.25, 0.3) is 0 Å². The Morgan fingerprint density at radius 2 is 2.09 bits per heavy atom. The van der Waals surface area contributed by atoms with E-state index in [1.54, 1.807) is 0 Å². The summed E-state index contributed by atoms with van der Waals surface area (Å²) in [6.07, 6.45) is 9.34. The molecule has 0 saturated heterocycles. The molecule has 1 unspecified atom stereocenters. The standard InChI is InChI=1S/C18H32N4/c1-5-6-7-8-9-16(3)22-18(19-4)20-13-12-17-11-10-15(2)21-14-17/h10-11,14,16H,5-9,12-13H2,1-4H3,(H2,19,20,22). The normalized spacial score (nSPS) is 13.0. The second kappa shape index (κ2) is 11.0. The maximum absolute atomic E-state index is 4.32. The third-order valence-corrected chi connectivity index (χ3v) is 3.78. The summed E-state index contributed by atoms with van der Waals surface area (Å²) in [6, 6.07) is 4.65. The molecule has 1 aromatic rings. The maximum Gasteiger partial charge on any atom is 0.191 e. The van der Waals surface area contributed by atoms with Crippen LogP contribution in [0.1, 0.15) is 57.2 Å². The number of aryl methyl sites for hydroxylation is 1. The molecule has 0 spiro atoms. The number of pyridine rings is 1. The average Bonchev–Trinajstić information content (AvgIpc) is 2.52. The van der Waals surface area contributed by atoms with Crippen LogP contribution in [0, 0.1) is 6.92 Å². The van der Waals surface area contributed by atoms with Gasteiger partial charge in [0.1, 0.15) is 0 Å². The molecule has 124 valence electrons. The Labute approximate surface area is 135 Å². The van der Waals surface area contributed by atoms with Crippen LogP contribution in [-0.4, -0.2) is 30.6 Å². The maximum atomic E-state index is 4.32. The van der Waals surface area contributed by atoms with Gasteiger partial charge in [0.05, 0.1) is 0 Å². The molecular weight excluding hydrogens is 272 g/mol. The van der Waals surface area contributed by atoms with Crippen LogP contribution in [0.4, 0.5) is 0 Å². The fourth-order valence-electron chi connectivity index (χ4n) is 2.35. The molecule has 4 nitrogen and oxygen atoms in total. The van der Waals surface area contributed by atoms with Gasteiger partial charge in [-0.25, -0.2) is 0 Å². The third kappa shape index (κ3) is 8.01. The van der Waals surface area contributed by atoms with Gasteiger partial charge in [0.15, 0.2) is 5.96 Å². The molecule has 4 heteroatoms. The molecule has 0 radical (unpaired) electrons. The smallest absolute Gasteiger partial charge is 0.191 e. The average molecular weight is 304 g/mol. The number of nitrogens with one attached hydrogen (secondary N) is 2. The first-order valence-electron chi connectivity index (χ1n) is 8.54. The van der Waals surface area contributed by atoms with Crippen molar-refractivity contribution in [1.82, 2.24) is 15.6 Å². The highest BCUT2D eigenvalue weighted by Crippen LogP contribution is 2.05. The van der Waals surface area contributed by atoms with E-state index in [4.69, 9.17) is 0 Å². The quantitative estimate of drug-likeness (QED) is 0.417. The van der Waals surface area contributed by atoms with Crippen molar-refractivity contribution in [2.75, 3.05) is 13.6 Å². The fourth-order valence-corrected chi connectivity index (χ4v) is 2.35. The third-order valence-electron chi connectivity index (χ3n) is 3.78. The van der Waals surface area contributed by atoms with Gasteiger partial charge in [0.25, 0.3) is 0 Å². The molecule has 0 fully saturated rings. The van der Waals surface area contributed by atoms with E-state index in [1.165, 1.54) is 37.7 Å². The summed E-state index contributed by atoms with van der Waals surface area (Å²) in [5, 5.41) is 6.84. The number of hydrogen-bond donors (Lipinski definition) is 2. The lowest BCUT2D eigenvalue weighted by atomic mass is 10.1. The van der Waals surface area contributed by atoms with Gasteiger partial charge >= 0.3 is 0 Å². The molecule has 0 aliphatic carbocycles. The van der Waals surface area contributed by atoms with Gasteiger partial charge in [-0.2, -0.15) is 0 Å². The molecule has 0 aliphatic heterocycles. The van der Waals surface area contributed by atoms with E-state index in [0.29, 0.717) is 6.04 Å². The van der Waals surface area contributed by atoms with Gasteiger partial charge < -0.3 is 10.6 Å². The predicted octanol–water partition coefficient (Wildman–Crippen LogP) is 3.46. The number of hydrogen-bond acceptors (Lipinski definition) is 2. The van der Waals surface area contributed by atoms with Crippen molar-refractivity contribution in [2.45, 2.75) is 65.3 Å². The summed E-state index contributed by atoms with van der Waals surface area (Å²) >= 11 is 0. The van der Waals surface area contributed by atoms with Crippen LogP contribution in [0.2, 0.25) is 0 Å². The molecule has 22 heavy (non-hydrogen) atoms. The molecule has 1 aromatic heterocycles. The lowest BCUT2D eigenvalue weighted by Crippen LogP contribution is -2.42. The highest BCUT2D eigenvalue weighted by Gasteiger charge is 2.04. The first-order valence-corrected chi connectivity index (χ1v) is 8.54. The molecule has 1 heterocycles. The minimum absolute atomic E-state index is 0.462. The van der Waals surface area contributed by atoms with Gasteiger partial charge in [-0.3, -0.25) is 9.98 Å². The summed E-state index contributed by atoms with van der Waals surface area (Å²) in [4.78, 5) is 8.62. The Bertz CT molecular complexity index is 425. The van der Waals surface area contributed by atoms with Crippen molar-refractivity contribution in [3.05, 3.63) is 29.6 Å². The zero-order valence-corrected chi connectivity index (χ0v) is 14.7. The molecule has 1 rings (SSSR count). The molecule has 0 saturated carbocycles. The number of aromatic nitrogens is 1. The first kappa shape index (κ1) is 18.5. The second-order valence-corrected chi connectivity index (χ2v) is 5.95. The number of guanidine groups is 1. The van der Waals surface area contributed by atoms with Crippen LogP contribution in [0.15, 0.2) is 23.3 Å². The minimum atomic E-state index is 0.462. The second-order valence-electron chi connectivity index (χ2n) is 5.95. The minimum Gasteiger partial charge on any atom is -0.356 e.